The molecule has 0 spiro atoms. The van der Waals surface area contributed by atoms with Gasteiger partial charge in [-0.3, -0.25) is 13.8 Å². The molecule has 0 aromatic heterocycles. The largest absolute Gasteiger partial charge is 0.471 e. The number of esters is 1. The van der Waals surface area contributed by atoms with Crippen molar-refractivity contribution in [1.29, 1.82) is 0 Å². The molecule has 4 rings (SSSR count). The van der Waals surface area contributed by atoms with Crippen molar-refractivity contribution in [2.24, 2.45) is 34.0 Å². The van der Waals surface area contributed by atoms with Crippen LogP contribution in [0.1, 0.15) is 84.8 Å². The number of ketones is 1. The van der Waals surface area contributed by atoms with Crippen LogP contribution in [-0.4, -0.2) is 64.7 Å². The van der Waals surface area contributed by atoms with E-state index >= 15 is 0 Å². The molecule has 2 aromatic rings. The van der Waals surface area contributed by atoms with Gasteiger partial charge in [0, 0.05) is 48.6 Å². The van der Waals surface area contributed by atoms with E-state index < -0.39 is 57.1 Å². The van der Waals surface area contributed by atoms with Crippen LogP contribution in [0.2, 0.25) is 0 Å². The number of anilines is 1. The molecule has 2 N–H and O–H groups in total. The molecule has 0 aliphatic heterocycles. The number of fused-ring (bicyclic) bond motifs is 1. The Morgan fingerprint density at radius 2 is 1.67 bits per heavy atom. The van der Waals surface area contributed by atoms with Crippen LogP contribution in [0.15, 0.2) is 53.4 Å². The Labute approximate surface area is 317 Å². The molecule has 0 bridgehead atoms. The molecule has 0 radical (unpaired) electrons. The molecule has 2 fully saturated rings. The zero-order valence-electron chi connectivity index (χ0n) is 32.5. The van der Waals surface area contributed by atoms with Crippen LogP contribution < -0.4 is 10.6 Å². The van der Waals surface area contributed by atoms with Gasteiger partial charge in [0.2, 0.25) is 0 Å². The topological polar surface area (TPSA) is 137 Å². The predicted octanol–water partition coefficient (Wildman–Crippen LogP) is 7.39. The second-order valence-corrected chi connectivity index (χ2v) is 17.5. The molecule has 0 saturated heterocycles. The lowest BCUT2D eigenvalue weighted by molar-refractivity contribution is -0.193. The van der Waals surface area contributed by atoms with Gasteiger partial charge in [0.1, 0.15) is 11.9 Å². The highest BCUT2D eigenvalue weighted by molar-refractivity contribution is 7.86. The van der Waals surface area contributed by atoms with Crippen molar-refractivity contribution in [2.45, 2.75) is 110 Å². The first-order valence-electron chi connectivity index (χ1n) is 18.5. The van der Waals surface area contributed by atoms with Crippen molar-refractivity contribution in [3.05, 3.63) is 59.7 Å². The Kier molecular flexibility index (Phi) is 13.4. The van der Waals surface area contributed by atoms with Crippen molar-refractivity contribution in [2.75, 3.05) is 25.6 Å². The van der Waals surface area contributed by atoms with Gasteiger partial charge in [0.25, 0.3) is 10.1 Å². The third kappa shape index (κ3) is 9.13. The average Bonchev–Trinajstić information content (AvgIpc) is 3.48. The van der Waals surface area contributed by atoms with Gasteiger partial charge in [-0.25, -0.2) is 4.79 Å². The number of rotatable bonds is 14. The van der Waals surface area contributed by atoms with Gasteiger partial charge >= 0.3 is 18.1 Å². The van der Waals surface area contributed by atoms with Crippen molar-refractivity contribution in [3.63, 3.8) is 0 Å². The minimum absolute atomic E-state index is 0.00907. The number of hydrogen-bond acceptors (Lipinski definition) is 9. The number of carbonyl (C=O) groups is 3. The first-order valence-corrected chi connectivity index (χ1v) is 19.9. The Bertz CT molecular complexity index is 1750. The molecule has 2 aliphatic carbocycles. The van der Waals surface area contributed by atoms with Crippen molar-refractivity contribution in [1.82, 2.24) is 5.32 Å². The highest BCUT2D eigenvalue weighted by Crippen LogP contribution is 2.64. The number of ether oxygens (including phenoxy) is 2. The van der Waals surface area contributed by atoms with Crippen LogP contribution in [-0.2, 0) is 44.7 Å². The van der Waals surface area contributed by atoms with E-state index in [0.717, 1.165) is 24.8 Å². The predicted molar refractivity (Wildman–Crippen MR) is 198 cm³/mol. The molecule has 0 heterocycles. The molecule has 1 amide bonds. The molecule has 54 heavy (non-hydrogen) atoms. The molecular weight excluding hydrogens is 726 g/mol. The smallest absolute Gasteiger partial charge is 0.460 e. The van der Waals surface area contributed by atoms with E-state index in [-0.39, 0.29) is 47.5 Å². The van der Waals surface area contributed by atoms with Crippen LogP contribution in [0.5, 0.6) is 0 Å². The number of benzene rings is 2. The number of hydrogen-bond donors (Lipinski definition) is 2. The summed E-state index contributed by atoms with van der Waals surface area (Å²) >= 11 is 0. The maximum Gasteiger partial charge on any atom is 0.471 e. The van der Waals surface area contributed by atoms with Gasteiger partial charge in [0.15, 0.2) is 6.61 Å². The molecule has 8 atom stereocenters. The first-order chi connectivity index (χ1) is 25.1. The van der Waals surface area contributed by atoms with Crippen LogP contribution in [0.4, 0.5) is 18.9 Å². The highest BCUT2D eigenvalue weighted by Gasteiger charge is 2.65. The molecule has 2 saturated carbocycles. The van der Waals surface area contributed by atoms with Crippen molar-refractivity contribution in [3.8, 4) is 0 Å². The van der Waals surface area contributed by atoms with E-state index in [2.05, 4.69) is 33.0 Å². The van der Waals surface area contributed by atoms with Crippen molar-refractivity contribution >= 4 is 33.5 Å². The van der Waals surface area contributed by atoms with E-state index in [1.54, 1.807) is 43.5 Å². The number of aryl methyl sites for hydroxylation is 1. The maximum absolute atomic E-state index is 14.7. The third-order valence-electron chi connectivity index (χ3n) is 12.6. The summed E-state index contributed by atoms with van der Waals surface area (Å²) in [6, 6.07) is 12.7. The summed E-state index contributed by atoms with van der Waals surface area (Å²) in [5, 5.41) is 5.16. The Balaban J connectivity index is 1.61. The maximum atomic E-state index is 14.7. The zero-order chi connectivity index (χ0) is 40.3. The van der Waals surface area contributed by atoms with E-state index in [1.807, 2.05) is 26.1 Å². The van der Waals surface area contributed by atoms with Crippen molar-refractivity contribution < 1.29 is 49.6 Å². The van der Waals surface area contributed by atoms with Crippen LogP contribution in [0.3, 0.4) is 0 Å². The molecule has 2 aliphatic rings. The van der Waals surface area contributed by atoms with E-state index in [1.165, 1.54) is 12.1 Å². The molecule has 14 heteroatoms. The van der Waals surface area contributed by atoms with Gasteiger partial charge in [-0.15, -0.1) is 0 Å². The lowest BCUT2D eigenvalue weighted by atomic mass is 9.48. The Morgan fingerprint density at radius 3 is 2.24 bits per heavy atom. The standard InChI is InChI=1S/C40H55F3N2O8S/c1-9-26(3)39(7)32(53-33(46)24-52-54(49,50)30-16-10-25(2)11-17-30)22-37(5,35(47)27(4)38(6)19-18-31(51-8)34(38)39)20-21-44-29-14-12-28(13-15-29)23-45-36(48)40(41,42)43/h10-17,26-27,31-32,34,44H,9,18-24H2,1-8H3,(H,45,48)/t26-,27+,31-,32-,34-,37+,38+,39+/m1/s1. The fraction of sp³-hybridized carbons (Fsp3) is 0.625. The number of carbonyl (C=O) groups excluding carboxylic acids is 3. The average molecular weight is 781 g/mol. The molecule has 2 aromatic carbocycles. The number of Topliss-reactive ketones (excluding diaryl/α,β-unsaturated/α-hetero) is 1. The molecular formula is C40H55F3N2O8S. The van der Waals surface area contributed by atoms with E-state index in [0.29, 0.717) is 24.2 Å². The van der Waals surface area contributed by atoms with Crippen LogP contribution in [0, 0.1) is 40.9 Å². The summed E-state index contributed by atoms with van der Waals surface area (Å²) < 4.78 is 81.3. The molecule has 10 nitrogen and oxygen atoms in total. The van der Waals surface area contributed by atoms with E-state index in [4.69, 9.17) is 13.7 Å². The minimum atomic E-state index is -4.97. The summed E-state index contributed by atoms with van der Waals surface area (Å²) in [4.78, 5) is 39.5. The van der Waals surface area contributed by atoms with E-state index in [9.17, 15) is 36.0 Å². The number of halogens is 3. The quantitative estimate of drug-likeness (QED) is 0.149. The normalized spacial score (nSPS) is 29.4. The summed E-state index contributed by atoms with van der Waals surface area (Å²) in [6.07, 6.45) is -3.22. The van der Waals surface area contributed by atoms with Gasteiger partial charge in [-0.2, -0.15) is 21.6 Å². The summed E-state index contributed by atoms with van der Waals surface area (Å²) in [7, 11) is -2.58. The number of methoxy groups -OCH3 is 1. The fourth-order valence-electron chi connectivity index (χ4n) is 8.86. The summed E-state index contributed by atoms with van der Waals surface area (Å²) in [5.41, 5.74) is -0.161. The molecule has 0 unspecified atom stereocenters. The second-order valence-electron chi connectivity index (χ2n) is 15.9. The van der Waals surface area contributed by atoms with Gasteiger partial charge in [-0.05, 0) is 73.8 Å². The highest BCUT2D eigenvalue weighted by atomic mass is 32.2. The Morgan fingerprint density at radius 1 is 1.04 bits per heavy atom. The fourth-order valence-corrected chi connectivity index (χ4v) is 9.71. The second kappa shape index (κ2) is 16.7. The zero-order valence-corrected chi connectivity index (χ0v) is 33.3. The minimum Gasteiger partial charge on any atom is -0.460 e. The SMILES string of the molecule is CC[C@@H](C)[C@]1(C)[C@@H]2[C@H](OC)CC[C@@]2(C)[C@@H](C)C(=O)[C@@](C)(CCNc2ccc(CNC(=O)C(F)(F)F)cc2)C[C@H]1OC(=O)COS(=O)(=O)c1ccc(C)cc1. The number of alkyl halides is 3. The van der Waals surface area contributed by atoms with Gasteiger partial charge < -0.3 is 20.1 Å². The third-order valence-corrected chi connectivity index (χ3v) is 13.9. The lowest BCUT2D eigenvalue weighted by Crippen LogP contribution is -2.60. The Hall–Kier alpha value is -3.49. The van der Waals surface area contributed by atoms with Gasteiger partial charge in [0.05, 0.1) is 11.0 Å². The van der Waals surface area contributed by atoms with Crippen LogP contribution in [0.25, 0.3) is 0 Å². The monoisotopic (exact) mass is 780 g/mol. The summed E-state index contributed by atoms with van der Waals surface area (Å²) in [5.74, 6) is -3.35. The van der Waals surface area contributed by atoms with Gasteiger partial charge in [-0.1, -0.05) is 77.8 Å². The number of nitrogens with one attached hydrogen (secondary N) is 2. The summed E-state index contributed by atoms with van der Waals surface area (Å²) in [6.45, 7) is 13.4. The van der Waals surface area contributed by atoms with Crippen LogP contribution >= 0.6 is 0 Å². The lowest BCUT2D eigenvalue weighted by Gasteiger charge is -2.57. The number of amides is 1. The first kappa shape index (κ1) is 43.2. The molecule has 300 valence electrons.